The molecule has 41 heavy (non-hydrogen) atoms. The van der Waals surface area contributed by atoms with Crippen molar-refractivity contribution in [3.05, 3.63) is 70.3 Å². The first-order valence-corrected chi connectivity index (χ1v) is 15.2. The van der Waals surface area contributed by atoms with Crippen molar-refractivity contribution in [1.29, 1.82) is 0 Å². The van der Waals surface area contributed by atoms with Gasteiger partial charge >= 0.3 is 0 Å². The molecule has 0 spiro atoms. The summed E-state index contributed by atoms with van der Waals surface area (Å²) in [6.07, 6.45) is 5.74. The summed E-state index contributed by atoms with van der Waals surface area (Å²) >= 11 is 0. The van der Waals surface area contributed by atoms with Crippen LogP contribution in [0.25, 0.3) is 0 Å². The number of likely N-dealkylation sites (tertiary alicyclic amines) is 1. The Balaban J connectivity index is 1.81. The van der Waals surface area contributed by atoms with Gasteiger partial charge in [-0.1, -0.05) is 27.2 Å². The molecule has 2 aromatic carbocycles. The highest BCUT2D eigenvalue weighted by Gasteiger charge is 2.26. The lowest BCUT2D eigenvalue weighted by Crippen LogP contribution is -2.46. The van der Waals surface area contributed by atoms with Gasteiger partial charge in [-0.3, -0.25) is 14.5 Å². The number of β-amino-alcohol motifs (C(OH)–C–C–N with tert-alkyl or cyclic N) is 1. The molecule has 0 radical (unpaired) electrons. The van der Waals surface area contributed by atoms with Crippen LogP contribution in [0.3, 0.4) is 0 Å². The zero-order chi connectivity index (χ0) is 29.9. The molecule has 1 aliphatic rings. The third-order valence-electron chi connectivity index (χ3n) is 7.82. The molecule has 1 fully saturated rings. The lowest BCUT2D eigenvalue weighted by molar-refractivity contribution is 0.0549. The quantitative estimate of drug-likeness (QED) is 0.297. The highest BCUT2D eigenvalue weighted by molar-refractivity contribution is 6.00. The molecule has 2 aromatic rings. The van der Waals surface area contributed by atoms with Gasteiger partial charge in [0.2, 0.25) is 0 Å². The van der Waals surface area contributed by atoms with Crippen molar-refractivity contribution in [2.24, 2.45) is 0 Å². The largest absolute Gasteiger partial charge is 0.392 e. The Morgan fingerprint density at radius 3 is 2.29 bits per heavy atom. The fourth-order valence-corrected chi connectivity index (χ4v) is 5.99. The fourth-order valence-electron chi connectivity index (χ4n) is 5.99. The van der Waals surface area contributed by atoms with Crippen LogP contribution >= 0.6 is 0 Å². The smallest absolute Gasteiger partial charge is 0.253 e. The van der Waals surface area contributed by atoms with Gasteiger partial charge in [-0.2, -0.15) is 0 Å². The maximum Gasteiger partial charge on any atom is 0.253 e. The molecule has 1 saturated heterocycles. The van der Waals surface area contributed by atoms with Crippen molar-refractivity contribution in [3.8, 4) is 0 Å². The Bertz CT molecular complexity index is 1130. The summed E-state index contributed by atoms with van der Waals surface area (Å²) in [7, 11) is 0. The Morgan fingerprint density at radius 2 is 1.66 bits per heavy atom. The number of hydrogen-bond acceptors (Lipinski definition) is 4. The SMILES string of the molecule is CCCN(CCC)C(=O)c1cc(C)cc(C(=O)N[C@@H](Cc2cc(F)cc(F)c2)CC(O)CN2CCCCC2CC)c1. The summed E-state index contributed by atoms with van der Waals surface area (Å²) in [5.41, 5.74) is 1.98. The van der Waals surface area contributed by atoms with E-state index in [1.165, 1.54) is 18.6 Å². The van der Waals surface area contributed by atoms with Gasteiger partial charge < -0.3 is 15.3 Å². The maximum absolute atomic E-state index is 14.0. The van der Waals surface area contributed by atoms with Gasteiger partial charge in [0.15, 0.2) is 0 Å². The molecule has 0 aliphatic carbocycles. The maximum atomic E-state index is 14.0. The summed E-state index contributed by atoms with van der Waals surface area (Å²) in [6, 6.07) is 8.31. The van der Waals surface area contributed by atoms with Crippen LogP contribution < -0.4 is 5.32 Å². The molecule has 0 aromatic heterocycles. The van der Waals surface area contributed by atoms with Crippen LogP contribution in [-0.4, -0.2) is 71.1 Å². The molecule has 6 nitrogen and oxygen atoms in total. The van der Waals surface area contributed by atoms with Gasteiger partial charge in [-0.15, -0.1) is 0 Å². The number of aliphatic hydroxyl groups is 1. The van der Waals surface area contributed by atoms with Crippen LogP contribution in [0.15, 0.2) is 36.4 Å². The predicted octanol–water partition coefficient (Wildman–Crippen LogP) is 5.89. The van der Waals surface area contributed by atoms with Gasteiger partial charge in [0.1, 0.15) is 11.6 Å². The second kappa shape index (κ2) is 16.0. The average molecular weight is 572 g/mol. The van der Waals surface area contributed by atoms with Crippen molar-refractivity contribution in [2.75, 3.05) is 26.2 Å². The number of aliphatic hydroxyl groups excluding tert-OH is 1. The number of carbonyl (C=O) groups excluding carboxylic acids is 2. The molecule has 8 heteroatoms. The second-order valence-electron chi connectivity index (χ2n) is 11.5. The number of benzene rings is 2. The number of halogens is 2. The van der Waals surface area contributed by atoms with E-state index in [4.69, 9.17) is 0 Å². The number of hydrogen-bond donors (Lipinski definition) is 2. The van der Waals surface area contributed by atoms with Crippen molar-refractivity contribution in [1.82, 2.24) is 15.1 Å². The standard InChI is InChI=1S/C33H47F2N3O3/c1-5-11-37(12-6-2)33(41)26-15-23(4)14-25(19-26)32(40)36-29(18-24-16-27(34)20-28(35)17-24)21-31(39)22-38-13-9-8-10-30(38)7-3/h14-17,19-20,29-31,39H,5-13,18,21-22H2,1-4H3,(H,36,40)/t29-,30?,31?/m0/s1. The number of piperidine rings is 1. The third-order valence-corrected chi connectivity index (χ3v) is 7.82. The lowest BCUT2D eigenvalue weighted by Gasteiger charge is -2.37. The normalized spacial score (nSPS) is 17.2. The molecule has 0 bridgehead atoms. The van der Waals surface area contributed by atoms with Crippen molar-refractivity contribution >= 4 is 11.8 Å². The second-order valence-corrected chi connectivity index (χ2v) is 11.5. The number of rotatable bonds is 14. The zero-order valence-corrected chi connectivity index (χ0v) is 25.1. The van der Waals surface area contributed by atoms with Crippen LogP contribution in [0, 0.1) is 18.6 Å². The molecular weight excluding hydrogens is 524 g/mol. The molecule has 1 heterocycles. The monoisotopic (exact) mass is 571 g/mol. The first kappa shape index (κ1) is 32.7. The number of amides is 2. The Kier molecular flexibility index (Phi) is 12.7. The zero-order valence-electron chi connectivity index (χ0n) is 25.1. The van der Waals surface area contributed by atoms with Gasteiger partial charge in [-0.25, -0.2) is 8.78 Å². The van der Waals surface area contributed by atoms with Crippen molar-refractivity contribution < 1.29 is 23.5 Å². The number of nitrogens with zero attached hydrogens (tertiary/aromatic N) is 2. The minimum Gasteiger partial charge on any atom is -0.392 e. The van der Waals surface area contributed by atoms with E-state index in [1.807, 2.05) is 20.8 Å². The number of aryl methyl sites for hydroxylation is 1. The van der Waals surface area contributed by atoms with Gasteiger partial charge in [-0.05, 0) is 99.9 Å². The summed E-state index contributed by atoms with van der Waals surface area (Å²) in [5.74, 6) is -1.87. The predicted molar refractivity (Wildman–Crippen MR) is 159 cm³/mol. The molecule has 226 valence electrons. The Hall–Kier alpha value is -2.84. The van der Waals surface area contributed by atoms with E-state index in [0.717, 1.165) is 50.3 Å². The van der Waals surface area contributed by atoms with Crippen LogP contribution in [0.1, 0.15) is 97.6 Å². The molecule has 3 rings (SSSR count). The first-order valence-electron chi connectivity index (χ1n) is 15.2. The molecular formula is C33H47F2N3O3. The van der Waals surface area contributed by atoms with E-state index in [0.29, 0.717) is 42.4 Å². The van der Waals surface area contributed by atoms with Gasteiger partial charge in [0.05, 0.1) is 6.10 Å². The van der Waals surface area contributed by atoms with E-state index >= 15 is 0 Å². The van der Waals surface area contributed by atoms with E-state index in [2.05, 4.69) is 17.1 Å². The van der Waals surface area contributed by atoms with E-state index < -0.39 is 29.7 Å². The van der Waals surface area contributed by atoms with E-state index in [-0.39, 0.29) is 18.7 Å². The minimum atomic E-state index is -0.725. The first-order chi connectivity index (χ1) is 19.6. The van der Waals surface area contributed by atoms with Crippen molar-refractivity contribution in [3.63, 3.8) is 0 Å². The van der Waals surface area contributed by atoms with E-state index in [9.17, 15) is 23.5 Å². The third kappa shape index (κ3) is 9.89. The molecule has 2 unspecified atom stereocenters. The summed E-state index contributed by atoms with van der Waals surface area (Å²) in [6.45, 7) is 10.7. The highest BCUT2D eigenvalue weighted by Crippen LogP contribution is 2.21. The van der Waals surface area contributed by atoms with Gasteiger partial charge in [0.25, 0.3) is 11.8 Å². The molecule has 2 N–H and O–H groups in total. The van der Waals surface area contributed by atoms with Crippen molar-refractivity contribution in [2.45, 2.75) is 97.2 Å². The fraction of sp³-hybridized carbons (Fsp3) is 0.576. The topological polar surface area (TPSA) is 72.9 Å². The number of carbonyl (C=O) groups is 2. The minimum absolute atomic E-state index is 0.110. The summed E-state index contributed by atoms with van der Waals surface area (Å²) < 4.78 is 28.0. The summed E-state index contributed by atoms with van der Waals surface area (Å²) in [4.78, 5) is 30.9. The molecule has 1 aliphatic heterocycles. The Morgan fingerprint density at radius 1 is 1.00 bits per heavy atom. The lowest BCUT2D eigenvalue weighted by atomic mass is 9.96. The van der Waals surface area contributed by atoms with Crippen LogP contribution in [-0.2, 0) is 6.42 Å². The van der Waals surface area contributed by atoms with Crippen LogP contribution in [0.2, 0.25) is 0 Å². The highest BCUT2D eigenvalue weighted by atomic mass is 19.1. The molecule has 2 amide bonds. The number of nitrogens with one attached hydrogen (secondary N) is 1. The Labute approximate surface area is 244 Å². The van der Waals surface area contributed by atoms with Crippen LogP contribution in [0.4, 0.5) is 8.78 Å². The van der Waals surface area contributed by atoms with Gasteiger partial charge in [0, 0.05) is 48.9 Å². The van der Waals surface area contributed by atoms with Crippen LogP contribution in [0.5, 0.6) is 0 Å². The molecule has 3 atom stereocenters. The summed E-state index contributed by atoms with van der Waals surface area (Å²) in [5, 5.41) is 14.1. The van der Waals surface area contributed by atoms with E-state index in [1.54, 1.807) is 23.1 Å². The molecule has 0 saturated carbocycles. The average Bonchev–Trinajstić information content (AvgIpc) is 2.91.